The van der Waals surface area contributed by atoms with Crippen LogP contribution >= 0.6 is 0 Å². The number of hydrogen-bond donors (Lipinski definition) is 1. The fraction of sp³-hybridized carbons (Fsp3) is 0.769. The van der Waals surface area contributed by atoms with Crippen molar-refractivity contribution in [2.45, 2.75) is 65.2 Å². The molecule has 0 saturated heterocycles. The zero-order chi connectivity index (χ0) is 14.6. The SMILES string of the molecule is [CH2]CC(NC(=O)OC(C)(C)C)C(=O)OC(C)(C)C. The van der Waals surface area contributed by atoms with E-state index < -0.39 is 29.3 Å². The summed E-state index contributed by atoms with van der Waals surface area (Å²) in [5.41, 5.74) is -1.20. The van der Waals surface area contributed by atoms with Gasteiger partial charge in [-0.1, -0.05) is 6.92 Å². The van der Waals surface area contributed by atoms with E-state index in [4.69, 9.17) is 9.47 Å². The highest BCUT2D eigenvalue weighted by Crippen LogP contribution is 2.11. The van der Waals surface area contributed by atoms with Gasteiger partial charge in [0.05, 0.1) is 0 Å². The fourth-order valence-electron chi connectivity index (χ4n) is 1.07. The minimum absolute atomic E-state index is 0.203. The topological polar surface area (TPSA) is 64.6 Å². The third-order valence-corrected chi connectivity index (χ3v) is 1.67. The highest BCUT2D eigenvalue weighted by atomic mass is 16.6. The van der Waals surface area contributed by atoms with Crippen molar-refractivity contribution in [1.82, 2.24) is 5.32 Å². The third kappa shape index (κ3) is 7.92. The van der Waals surface area contributed by atoms with E-state index in [2.05, 4.69) is 12.2 Å². The van der Waals surface area contributed by atoms with Crippen LogP contribution in [0.1, 0.15) is 48.0 Å². The molecule has 0 rings (SSSR count). The lowest BCUT2D eigenvalue weighted by molar-refractivity contribution is -0.157. The molecular formula is C13H24NO4. The summed E-state index contributed by atoms with van der Waals surface area (Å²) in [5.74, 6) is -0.511. The summed E-state index contributed by atoms with van der Waals surface area (Å²) < 4.78 is 10.2. The predicted octanol–water partition coefficient (Wildman–Crippen LogP) is 2.45. The molecule has 105 valence electrons. The van der Waals surface area contributed by atoms with Gasteiger partial charge in [-0.2, -0.15) is 0 Å². The first kappa shape index (κ1) is 16.7. The van der Waals surface area contributed by atoms with Crippen molar-refractivity contribution in [2.75, 3.05) is 0 Å². The summed E-state index contributed by atoms with van der Waals surface area (Å²) in [7, 11) is 0. The van der Waals surface area contributed by atoms with E-state index in [9.17, 15) is 9.59 Å². The van der Waals surface area contributed by atoms with Crippen LogP contribution in [0.5, 0.6) is 0 Å². The van der Waals surface area contributed by atoms with Crippen LogP contribution in [-0.4, -0.2) is 29.3 Å². The van der Waals surface area contributed by atoms with Gasteiger partial charge in [-0.05, 0) is 48.0 Å². The van der Waals surface area contributed by atoms with Crippen LogP contribution in [0.25, 0.3) is 0 Å². The molecule has 0 heterocycles. The maximum Gasteiger partial charge on any atom is 0.408 e. The molecule has 1 radical (unpaired) electrons. The number of nitrogens with one attached hydrogen (secondary N) is 1. The van der Waals surface area contributed by atoms with E-state index in [1.165, 1.54) is 0 Å². The molecule has 0 aromatic carbocycles. The average molecular weight is 258 g/mol. The van der Waals surface area contributed by atoms with Crippen LogP contribution in [-0.2, 0) is 14.3 Å². The zero-order valence-electron chi connectivity index (χ0n) is 12.1. The van der Waals surface area contributed by atoms with Gasteiger partial charge in [0.25, 0.3) is 0 Å². The van der Waals surface area contributed by atoms with E-state index in [1.54, 1.807) is 41.5 Å². The maximum absolute atomic E-state index is 11.8. The molecule has 0 aromatic rings. The highest BCUT2D eigenvalue weighted by Gasteiger charge is 2.27. The Morgan fingerprint density at radius 1 is 1.06 bits per heavy atom. The highest BCUT2D eigenvalue weighted by molar-refractivity contribution is 5.81. The summed E-state index contributed by atoms with van der Waals surface area (Å²) in [6, 6.07) is -0.793. The molecule has 0 aliphatic carbocycles. The summed E-state index contributed by atoms with van der Waals surface area (Å²) >= 11 is 0. The Hall–Kier alpha value is -1.26. The fourth-order valence-corrected chi connectivity index (χ4v) is 1.07. The quantitative estimate of drug-likeness (QED) is 0.790. The number of alkyl carbamates (subject to hydrolysis) is 1. The lowest BCUT2D eigenvalue weighted by Crippen LogP contribution is -2.45. The summed E-state index contributed by atoms with van der Waals surface area (Å²) in [4.78, 5) is 23.3. The maximum atomic E-state index is 11.8. The second kappa shape index (κ2) is 6.07. The second-order valence-corrected chi connectivity index (χ2v) is 6.02. The normalized spacial score (nSPS) is 13.7. The van der Waals surface area contributed by atoms with E-state index in [1.807, 2.05) is 0 Å². The zero-order valence-corrected chi connectivity index (χ0v) is 12.1. The lowest BCUT2D eigenvalue weighted by Gasteiger charge is -2.25. The molecule has 1 unspecified atom stereocenters. The van der Waals surface area contributed by atoms with Crippen molar-refractivity contribution in [3.05, 3.63) is 6.92 Å². The lowest BCUT2D eigenvalue weighted by atomic mass is 10.1. The van der Waals surface area contributed by atoms with Gasteiger partial charge in [-0.15, -0.1) is 0 Å². The van der Waals surface area contributed by atoms with E-state index >= 15 is 0 Å². The molecule has 1 amide bonds. The summed E-state index contributed by atoms with van der Waals surface area (Å²) in [5, 5.41) is 2.45. The summed E-state index contributed by atoms with van der Waals surface area (Å²) in [6.45, 7) is 14.2. The summed E-state index contributed by atoms with van der Waals surface area (Å²) in [6.07, 6.45) is -0.448. The number of amides is 1. The predicted molar refractivity (Wildman–Crippen MR) is 69.0 cm³/mol. The first-order valence-corrected chi connectivity index (χ1v) is 5.96. The van der Waals surface area contributed by atoms with Crippen LogP contribution in [0.4, 0.5) is 4.79 Å². The molecule has 1 atom stereocenters. The molecule has 0 bridgehead atoms. The molecule has 0 saturated carbocycles. The molecule has 5 nitrogen and oxygen atoms in total. The molecule has 18 heavy (non-hydrogen) atoms. The number of rotatable bonds is 3. The van der Waals surface area contributed by atoms with Crippen LogP contribution in [0, 0.1) is 6.92 Å². The van der Waals surface area contributed by atoms with Gasteiger partial charge in [-0.3, -0.25) is 0 Å². The molecular weight excluding hydrogens is 234 g/mol. The van der Waals surface area contributed by atoms with Gasteiger partial charge in [0.1, 0.15) is 17.2 Å². The van der Waals surface area contributed by atoms with Crippen molar-refractivity contribution >= 4 is 12.1 Å². The number of carbonyl (C=O) groups is 2. The van der Waals surface area contributed by atoms with Crippen molar-refractivity contribution in [1.29, 1.82) is 0 Å². The molecule has 0 fully saturated rings. The van der Waals surface area contributed by atoms with Crippen molar-refractivity contribution in [3.63, 3.8) is 0 Å². The first-order valence-electron chi connectivity index (χ1n) is 5.96. The molecule has 5 heteroatoms. The Labute approximate surface area is 109 Å². The van der Waals surface area contributed by atoms with Crippen molar-refractivity contribution < 1.29 is 19.1 Å². The largest absolute Gasteiger partial charge is 0.458 e. The number of esters is 1. The average Bonchev–Trinajstić information content (AvgIpc) is 2.07. The van der Waals surface area contributed by atoms with Gasteiger partial charge in [0.2, 0.25) is 0 Å². The molecule has 1 N–H and O–H groups in total. The Balaban J connectivity index is 4.44. The van der Waals surface area contributed by atoms with Crippen molar-refractivity contribution in [2.24, 2.45) is 0 Å². The smallest absolute Gasteiger partial charge is 0.408 e. The van der Waals surface area contributed by atoms with Gasteiger partial charge >= 0.3 is 12.1 Å². The molecule has 0 aliphatic rings. The van der Waals surface area contributed by atoms with Gasteiger partial charge < -0.3 is 14.8 Å². The first-order chi connectivity index (χ1) is 7.94. The van der Waals surface area contributed by atoms with Crippen LogP contribution < -0.4 is 5.32 Å². The number of hydrogen-bond acceptors (Lipinski definition) is 4. The van der Waals surface area contributed by atoms with E-state index in [0.29, 0.717) is 0 Å². The number of ether oxygens (including phenoxy) is 2. The van der Waals surface area contributed by atoms with Gasteiger partial charge in [-0.25, -0.2) is 9.59 Å². The van der Waals surface area contributed by atoms with E-state index in [-0.39, 0.29) is 6.42 Å². The Morgan fingerprint density at radius 2 is 1.50 bits per heavy atom. The number of carbonyl (C=O) groups excluding carboxylic acids is 2. The standard InChI is InChI=1S/C13H24NO4/c1-8-9(10(15)17-12(2,3)4)14-11(16)18-13(5,6)7/h9H,1,8H2,2-7H3,(H,14,16). The Morgan fingerprint density at radius 3 is 1.83 bits per heavy atom. The Bertz CT molecular complexity index is 299. The van der Waals surface area contributed by atoms with Gasteiger partial charge in [0, 0.05) is 0 Å². The molecule has 0 aromatic heterocycles. The van der Waals surface area contributed by atoms with Crippen LogP contribution in [0.15, 0.2) is 0 Å². The third-order valence-electron chi connectivity index (χ3n) is 1.67. The van der Waals surface area contributed by atoms with Crippen LogP contribution in [0.2, 0.25) is 0 Å². The minimum atomic E-state index is -0.793. The van der Waals surface area contributed by atoms with E-state index in [0.717, 1.165) is 0 Å². The van der Waals surface area contributed by atoms with Crippen LogP contribution in [0.3, 0.4) is 0 Å². The minimum Gasteiger partial charge on any atom is -0.458 e. The second-order valence-electron chi connectivity index (χ2n) is 6.02. The van der Waals surface area contributed by atoms with Crippen molar-refractivity contribution in [3.8, 4) is 0 Å². The van der Waals surface area contributed by atoms with Gasteiger partial charge in [0.15, 0.2) is 0 Å². The molecule has 0 spiro atoms. The monoisotopic (exact) mass is 258 g/mol. The molecule has 0 aliphatic heterocycles. The Kier molecular flexibility index (Phi) is 5.64.